The SMILES string of the molecule is CNC1CCC(C(C)C)CC1N(C)CC(F)F. The molecule has 3 unspecified atom stereocenters. The molecule has 0 amide bonds. The van der Waals surface area contributed by atoms with E-state index in [-0.39, 0.29) is 12.6 Å². The lowest BCUT2D eigenvalue weighted by molar-refractivity contribution is 0.0446. The van der Waals surface area contributed by atoms with E-state index >= 15 is 0 Å². The second-order valence-electron chi connectivity index (χ2n) is 5.61. The second kappa shape index (κ2) is 6.64. The third-order valence-corrected chi connectivity index (χ3v) is 4.16. The summed E-state index contributed by atoms with van der Waals surface area (Å²) in [5, 5.41) is 3.28. The first-order valence-corrected chi connectivity index (χ1v) is 6.61. The number of halogens is 2. The van der Waals surface area contributed by atoms with Gasteiger partial charge in [0.1, 0.15) is 0 Å². The molecule has 0 bridgehead atoms. The van der Waals surface area contributed by atoms with Crippen LogP contribution in [0.1, 0.15) is 33.1 Å². The molecule has 1 fully saturated rings. The van der Waals surface area contributed by atoms with E-state index in [9.17, 15) is 8.78 Å². The molecule has 4 heteroatoms. The average Bonchev–Trinajstić information content (AvgIpc) is 2.27. The number of nitrogens with zero attached hydrogens (tertiary/aromatic N) is 1. The lowest BCUT2D eigenvalue weighted by atomic mass is 9.76. The molecule has 0 saturated heterocycles. The Labute approximate surface area is 104 Å². The maximum absolute atomic E-state index is 12.5. The summed E-state index contributed by atoms with van der Waals surface area (Å²) in [6.45, 7) is 4.34. The van der Waals surface area contributed by atoms with Gasteiger partial charge in [-0.15, -0.1) is 0 Å². The van der Waals surface area contributed by atoms with Crippen LogP contribution < -0.4 is 5.32 Å². The van der Waals surface area contributed by atoms with Crippen molar-refractivity contribution < 1.29 is 8.78 Å². The van der Waals surface area contributed by atoms with Crippen LogP contribution in [0.3, 0.4) is 0 Å². The van der Waals surface area contributed by atoms with E-state index in [0.29, 0.717) is 17.9 Å². The van der Waals surface area contributed by atoms with Crippen LogP contribution in [0.5, 0.6) is 0 Å². The molecule has 3 atom stereocenters. The van der Waals surface area contributed by atoms with E-state index in [0.717, 1.165) is 12.8 Å². The molecule has 102 valence electrons. The Morgan fingerprint density at radius 1 is 1.29 bits per heavy atom. The van der Waals surface area contributed by atoms with Gasteiger partial charge < -0.3 is 5.32 Å². The van der Waals surface area contributed by atoms with E-state index < -0.39 is 6.43 Å². The number of hydrogen-bond donors (Lipinski definition) is 1. The van der Waals surface area contributed by atoms with Gasteiger partial charge in [0.2, 0.25) is 0 Å². The fourth-order valence-electron chi connectivity index (χ4n) is 2.96. The summed E-state index contributed by atoms with van der Waals surface area (Å²) in [6.07, 6.45) is 1.10. The molecule has 0 aromatic rings. The molecule has 0 radical (unpaired) electrons. The smallest absolute Gasteiger partial charge is 0.251 e. The van der Waals surface area contributed by atoms with Gasteiger partial charge in [-0.3, -0.25) is 4.90 Å². The highest BCUT2D eigenvalue weighted by Gasteiger charge is 2.33. The van der Waals surface area contributed by atoms with Gasteiger partial charge in [-0.05, 0) is 45.2 Å². The molecule has 0 aromatic heterocycles. The summed E-state index contributed by atoms with van der Waals surface area (Å²) >= 11 is 0. The van der Waals surface area contributed by atoms with E-state index in [1.165, 1.54) is 6.42 Å². The molecule has 1 aliphatic rings. The third-order valence-electron chi connectivity index (χ3n) is 4.16. The fraction of sp³-hybridized carbons (Fsp3) is 1.00. The van der Waals surface area contributed by atoms with Crippen molar-refractivity contribution in [2.75, 3.05) is 20.6 Å². The summed E-state index contributed by atoms with van der Waals surface area (Å²) in [5.41, 5.74) is 0. The predicted molar refractivity (Wildman–Crippen MR) is 67.4 cm³/mol. The van der Waals surface area contributed by atoms with Crippen molar-refractivity contribution in [2.45, 2.75) is 51.6 Å². The van der Waals surface area contributed by atoms with Gasteiger partial charge in [-0.2, -0.15) is 0 Å². The van der Waals surface area contributed by atoms with Crippen molar-refractivity contribution in [3.8, 4) is 0 Å². The largest absolute Gasteiger partial charge is 0.315 e. The summed E-state index contributed by atoms with van der Waals surface area (Å²) in [7, 11) is 3.76. The van der Waals surface area contributed by atoms with Crippen LogP contribution in [0.25, 0.3) is 0 Å². The van der Waals surface area contributed by atoms with Crippen LogP contribution >= 0.6 is 0 Å². The van der Waals surface area contributed by atoms with Gasteiger partial charge in [-0.1, -0.05) is 13.8 Å². The Kier molecular flexibility index (Phi) is 5.80. The molecular weight excluding hydrogens is 222 g/mol. The van der Waals surface area contributed by atoms with Crippen LogP contribution in [0.15, 0.2) is 0 Å². The molecule has 2 nitrogen and oxygen atoms in total. The van der Waals surface area contributed by atoms with Crippen LogP contribution in [-0.4, -0.2) is 44.0 Å². The standard InChI is InChI=1S/C13H26F2N2/c1-9(2)10-5-6-11(16-3)12(7-10)17(4)8-13(14)15/h9-13,16H,5-8H2,1-4H3. The molecule has 1 aliphatic carbocycles. The topological polar surface area (TPSA) is 15.3 Å². The monoisotopic (exact) mass is 248 g/mol. The lowest BCUT2D eigenvalue weighted by Gasteiger charge is -2.42. The van der Waals surface area contributed by atoms with Gasteiger partial charge in [0.25, 0.3) is 6.43 Å². The molecule has 0 spiro atoms. The zero-order chi connectivity index (χ0) is 13.0. The van der Waals surface area contributed by atoms with E-state index in [1.54, 1.807) is 0 Å². The molecule has 17 heavy (non-hydrogen) atoms. The molecule has 0 aliphatic heterocycles. The Bertz CT molecular complexity index is 221. The Morgan fingerprint density at radius 3 is 2.41 bits per heavy atom. The van der Waals surface area contributed by atoms with Crippen LogP contribution in [-0.2, 0) is 0 Å². The van der Waals surface area contributed by atoms with Crippen molar-refractivity contribution in [3.63, 3.8) is 0 Å². The molecule has 0 aromatic carbocycles. The highest BCUT2D eigenvalue weighted by atomic mass is 19.3. The minimum Gasteiger partial charge on any atom is -0.315 e. The van der Waals surface area contributed by atoms with Gasteiger partial charge >= 0.3 is 0 Å². The average molecular weight is 248 g/mol. The van der Waals surface area contributed by atoms with Gasteiger partial charge in [0.15, 0.2) is 0 Å². The highest BCUT2D eigenvalue weighted by molar-refractivity contribution is 4.90. The van der Waals surface area contributed by atoms with Crippen LogP contribution in [0.2, 0.25) is 0 Å². The van der Waals surface area contributed by atoms with Gasteiger partial charge in [0.05, 0.1) is 6.54 Å². The first-order chi connectivity index (χ1) is 7.95. The first-order valence-electron chi connectivity index (χ1n) is 6.61. The third kappa shape index (κ3) is 4.18. The van der Waals surface area contributed by atoms with Crippen LogP contribution in [0.4, 0.5) is 8.78 Å². The maximum atomic E-state index is 12.5. The number of rotatable bonds is 5. The normalized spacial score (nSPS) is 30.5. The van der Waals surface area contributed by atoms with Gasteiger partial charge in [-0.25, -0.2) is 8.78 Å². The van der Waals surface area contributed by atoms with Crippen molar-refractivity contribution in [2.24, 2.45) is 11.8 Å². The Hall–Kier alpha value is -0.220. The van der Waals surface area contributed by atoms with Crippen LogP contribution in [0, 0.1) is 11.8 Å². The van der Waals surface area contributed by atoms with Crippen molar-refractivity contribution in [3.05, 3.63) is 0 Å². The number of hydrogen-bond acceptors (Lipinski definition) is 2. The zero-order valence-corrected chi connectivity index (χ0v) is 11.4. The van der Waals surface area contributed by atoms with Crippen molar-refractivity contribution >= 4 is 0 Å². The summed E-state index contributed by atoms with van der Waals surface area (Å²) in [5.74, 6) is 1.32. The number of likely N-dealkylation sites (N-methyl/N-ethyl adjacent to an activating group) is 2. The maximum Gasteiger partial charge on any atom is 0.251 e. The Morgan fingerprint density at radius 2 is 1.94 bits per heavy atom. The first kappa shape index (κ1) is 14.8. The number of alkyl halides is 2. The molecule has 1 saturated carbocycles. The van der Waals surface area contributed by atoms with Crippen molar-refractivity contribution in [1.82, 2.24) is 10.2 Å². The number of nitrogens with one attached hydrogen (secondary N) is 1. The molecular formula is C13H26F2N2. The Balaban J connectivity index is 2.62. The molecule has 1 N–H and O–H groups in total. The zero-order valence-electron chi connectivity index (χ0n) is 11.4. The molecule has 0 heterocycles. The minimum atomic E-state index is -2.24. The van der Waals surface area contributed by atoms with Crippen molar-refractivity contribution in [1.29, 1.82) is 0 Å². The molecule has 1 rings (SSSR count). The second-order valence-corrected chi connectivity index (χ2v) is 5.61. The summed E-state index contributed by atoms with van der Waals surface area (Å²) in [6, 6.07) is 0.601. The summed E-state index contributed by atoms with van der Waals surface area (Å²) < 4.78 is 24.9. The van der Waals surface area contributed by atoms with Gasteiger partial charge in [0, 0.05) is 12.1 Å². The highest BCUT2D eigenvalue weighted by Crippen LogP contribution is 2.32. The van der Waals surface area contributed by atoms with E-state index in [2.05, 4.69) is 19.2 Å². The quantitative estimate of drug-likeness (QED) is 0.804. The van der Waals surface area contributed by atoms with E-state index in [4.69, 9.17) is 0 Å². The summed E-state index contributed by atoms with van der Waals surface area (Å²) in [4.78, 5) is 1.83. The fourth-order valence-corrected chi connectivity index (χ4v) is 2.96. The predicted octanol–water partition coefficient (Wildman–Crippen LogP) is 2.60. The lowest BCUT2D eigenvalue weighted by Crippen LogP contribution is -2.52. The minimum absolute atomic E-state index is 0.117. The van der Waals surface area contributed by atoms with E-state index in [1.807, 2.05) is 19.0 Å².